The molecule has 0 spiro atoms. The van der Waals surface area contributed by atoms with Gasteiger partial charge in [0.25, 0.3) is 0 Å². The van der Waals surface area contributed by atoms with Gasteiger partial charge in [-0.05, 0) is 23.3 Å². The fourth-order valence-corrected chi connectivity index (χ4v) is 3.52. The molecule has 2 aromatic rings. The Morgan fingerprint density at radius 3 is 2.33 bits per heavy atom. The molecule has 0 aromatic heterocycles. The van der Waals surface area contributed by atoms with Gasteiger partial charge in [-0.3, -0.25) is 0 Å². The zero-order valence-electron chi connectivity index (χ0n) is 13.9. The summed E-state index contributed by atoms with van der Waals surface area (Å²) in [7, 11) is 1.62. The summed E-state index contributed by atoms with van der Waals surface area (Å²) in [5, 5.41) is 29.9. The van der Waals surface area contributed by atoms with Gasteiger partial charge in [0.1, 0.15) is 5.75 Å². The molecule has 24 heavy (non-hydrogen) atoms. The summed E-state index contributed by atoms with van der Waals surface area (Å²) in [6.07, 6.45) is -1.42. The van der Waals surface area contributed by atoms with E-state index in [0.29, 0.717) is 5.75 Å². The van der Waals surface area contributed by atoms with Crippen LogP contribution in [0.2, 0.25) is 0 Å². The summed E-state index contributed by atoms with van der Waals surface area (Å²) in [6.45, 7) is 1.81. The van der Waals surface area contributed by atoms with Crippen molar-refractivity contribution in [3.8, 4) is 5.75 Å². The van der Waals surface area contributed by atoms with Crippen molar-refractivity contribution < 1.29 is 20.1 Å². The van der Waals surface area contributed by atoms with Crippen LogP contribution >= 0.6 is 11.8 Å². The van der Waals surface area contributed by atoms with E-state index in [1.807, 2.05) is 31.2 Å². The van der Waals surface area contributed by atoms with Crippen molar-refractivity contribution >= 4 is 11.8 Å². The van der Waals surface area contributed by atoms with Crippen LogP contribution in [0.3, 0.4) is 0 Å². The Hall–Kier alpha value is -1.53. The summed E-state index contributed by atoms with van der Waals surface area (Å²) >= 11 is 1.51. The third-order valence-corrected chi connectivity index (χ3v) is 5.24. The first kappa shape index (κ1) is 18.8. The number of methoxy groups -OCH3 is 1. The number of ether oxygens (including phenoxy) is 1. The van der Waals surface area contributed by atoms with E-state index in [2.05, 4.69) is 0 Å². The fraction of sp³-hybridized carbons (Fsp3) is 0.368. The molecule has 0 heterocycles. The lowest BCUT2D eigenvalue weighted by Crippen LogP contribution is -2.26. The topological polar surface area (TPSA) is 69.9 Å². The number of hydrogen-bond acceptors (Lipinski definition) is 5. The molecule has 0 saturated heterocycles. The second-order valence-corrected chi connectivity index (χ2v) is 6.79. The molecule has 0 fully saturated rings. The monoisotopic (exact) mass is 348 g/mol. The van der Waals surface area contributed by atoms with Gasteiger partial charge < -0.3 is 20.1 Å². The van der Waals surface area contributed by atoms with Crippen LogP contribution in [0.5, 0.6) is 5.75 Å². The minimum absolute atomic E-state index is 0.0237. The largest absolute Gasteiger partial charge is 0.496 e. The summed E-state index contributed by atoms with van der Waals surface area (Å²) in [5.41, 5.74) is 1.53. The lowest BCUT2D eigenvalue weighted by atomic mass is 9.93. The Morgan fingerprint density at radius 1 is 1.04 bits per heavy atom. The number of para-hydroxylation sites is 1. The quantitative estimate of drug-likeness (QED) is 0.640. The summed E-state index contributed by atoms with van der Waals surface area (Å²) in [4.78, 5) is 0.966. The molecular formula is C19H24O4S. The van der Waals surface area contributed by atoms with Crippen LogP contribution in [-0.4, -0.2) is 34.3 Å². The minimum atomic E-state index is -0.758. The molecule has 0 amide bonds. The average molecular weight is 348 g/mol. The number of hydrogen-bond donors (Lipinski definition) is 3. The van der Waals surface area contributed by atoms with Gasteiger partial charge in [-0.1, -0.05) is 43.3 Å². The highest BCUT2D eigenvalue weighted by molar-refractivity contribution is 7.99. The highest BCUT2D eigenvalue weighted by Gasteiger charge is 2.24. The SMILES string of the molecule is COc1ccccc1SCC(O)C(C)C(O)c1ccc(CO)cc1. The van der Waals surface area contributed by atoms with E-state index in [1.54, 1.807) is 31.4 Å². The molecule has 2 aromatic carbocycles. The van der Waals surface area contributed by atoms with E-state index in [9.17, 15) is 10.2 Å². The second kappa shape index (κ2) is 9.08. The Bertz CT molecular complexity index is 630. The number of aliphatic hydroxyl groups excluding tert-OH is 3. The molecule has 3 N–H and O–H groups in total. The van der Waals surface area contributed by atoms with Crippen molar-refractivity contribution in [3.05, 3.63) is 59.7 Å². The molecule has 0 aliphatic rings. The van der Waals surface area contributed by atoms with Crippen LogP contribution in [0.4, 0.5) is 0 Å². The van der Waals surface area contributed by atoms with Crippen molar-refractivity contribution in [3.63, 3.8) is 0 Å². The number of benzene rings is 2. The molecule has 3 unspecified atom stereocenters. The number of thioether (sulfide) groups is 1. The van der Waals surface area contributed by atoms with Crippen molar-refractivity contribution in [1.29, 1.82) is 0 Å². The van der Waals surface area contributed by atoms with E-state index >= 15 is 0 Å². The first-order valence-electron chi connectivity index (χ1n) is 7.88. The van der Waals surface area contributed by atoms with Gasteiger partial charge in [-0.25, -0.2) is 0 Å². The van der Waals surface area contributed by atoms with Crippen molar-refractivity contribution in [1.82, 2.24) is 0 Å². The predicted octanol–water partition coefficient (Wildman–Crippen LogP) is 3.01. The van der Waals surface area contributed by atoms with Gasteiger partial charge >= 0.3 is 0 Å². The normalized spacial score (nSPS) is 14.9. The highest BCUT2D eigenvalue weighted by Crippen LogP contribution is 2.32. The van der Waals surface area contributed by atoms with Gasteiger partial charge in [0.15, 0.2) is 0 Å². The van der Waals surface area contributed by atoms with E-state index in [0.717, 1.165) is 21.8 Å². The molecule has 4 nitrogen and oxygen atoms in total. The second-order valence-electron chi connectivity index (χ2n) is 5.73. The predicted molar refractivity (Wildman–Crippen MR) is 96.2 cm³/mol. The van der Waals surface area contributed by atoms with Crippen LogP contribution in [0.15, 0.2) is 53.4 Å². The van der Waals surface area contributed by atoms with Gasteiger partial charge in [0.2, 0.25) is 0 Å². The van der Waals surface area contributed by atoms with Crippen LogP contribution in [0.1, 0.15) is 24.2 Å². The molecule has 2 rings (SSSR count). The Kier molecular flexibility index (Phi) is 7.12. The zero-order chi connectivity index (χ0) is 17.5. The van der Waals surface area contributed by atoms with Gasteiger partial charge in [-0.15, -0.1) is 11.8 Å². The maximum atomic E-state index is 10.5. The van der Waals surface area contributed by atoms with Crippen molar-refractivity contribution in [2.45, 2.75) is 30.6 Å². The van der Waals surface area contributed by atoms with Crippen molar-refractivity contribution in [2.75, 3.05) is 12.9 Å². The Balaban J connectivity index is 1.96. The zero-order valence-corrected chi connectivity index (χ0v) is 14.7. The Labute approximate surface area is 147 Å². The van der Waals surface area contributed by atoms with E-state index in [-0.39, 0.29) is 12.5 Å². The third kappa shape index (κ3) is 4.74. The molecular weight excluding hydrogens is 324 g/mol. The number of aliphatic hydroxyl groups is 3. The number of rotatable bonds is 8. The average Bonchev–Trinajstić information content (AvgIpc) is 2.65. The first-order chi connectivity index (χ1) is 11.6. The molecule has 0 aliphatic heterocycles. The van der Waals surface area contributed by atoms with Gasteiger partial charge in [-0.2, -0.15) is 0 Å². The van der Waals surface area contributed by atoms with E-state index < -0.39 is 12.2 Å². The lowest BCUT2D eigenvalue weighted by molar-refractivity contribution is 0.0330. The molecule has 0 saturated carbocycles. The standard InChI is InChI=1S/C19H24O4S/c1-13(19(22)15-9-7-14(11-20)8-10-15)16(21)12-24-18-6-4-3-5-17(18)23-2/h3-10,13,16,19-22H,11-12H2,1-2H3. The van der Waals surface area contributed by atoms with Crippen LogP contribution in [0.25, 0.3) is 0 Å². The van der Waals surface area contributed by atoms with Crippen LogP contribution in [-0.2, 0) is 6.61 Å². The Morgan fingerprint density at radius 2 is 1.71 bits per heavy atom. The maximum Gasteiger partial charge on any atom is 0.132 e. The van der Waals surface area contributed by atoms with Gasteiger partial charge in [0, 0.05) is 16.6 Å². The lowest BCUT2D eigenvalue weighted by Gasteiger charge is -2.24. The fourth-order valence-electron chi connectivity index (χ4n) is 2.40. The molecule has 0 aliphatic carbocycles. The van der Waals surface area contributed by atoms with E-state index in [4.69, 9.17) is 9.84 Å². The first-order valence-corrected chi connectivity index (χ1v) is 8.87. The molecule has 5 heteroatoms. The smallest absolute Gasteiger partial charge is 0.132 e. The summed E-state index contributed by atoms with van der Waals surface area (Å²) < 4.78 is 5.30. The maximum absolute atomic E-state index is 10.5. The highest BCUT2D eigenvalue weighted by atomic mass is 32.2. The molecule has 0 bridgehead atoms. The van der Waals surface area contributed by atoms with Crippen LogP contribution in [0, 0.1) is 5.92 Å². The molecule has 130 valence electrons. The molecule has 0 radical (unpaired) electrons. The molecule has 3 atom stereocenters. The summed E-state index contributed by atoms with van der Waals surface area (Å²) in [5.74, 6) is 0.933. The third-order valence-electron chi connectivity index (χ3n) is 4.09. The van der Waals surface area contributed by atoms with Crippen LogP contribution < -0.4 is 4.74 Å². The summed E-state index contributed by atoms with van der Waals surface area (Å²) in [6, 6.07) is 14.8. The van der Waals surface area contributed by atoms with Crippen molar-refractivity contribution in [2.24, 2.45) is 5.92 Å². The van der Waals surface area contributed by atoms with Gasteiger partial charge in [0.05, 0.1) is 25.9 Å². The minimum Gasteiger partial charge on any atom is -0.496 e. The van der Waals surface area contributed by atoms with E-state index in [1.165, 1.54) is 11.8 Å².